The van der Waals surface area contributed by atoms with Gasteiger partial charge >= 0.3 is 0 Å². The molecule has 0 fully saturated rings. The number of rotatable bonds is 13. The molecule has 1 amide bonds. The van der Waals surface area contributed by atoms with Crippen molar-refractivity contribution >= 4 is 17.7 Å². The van der Waals surface area contributed by atoms with Crippen LogP contribution in [0.4, 0.5) is 0 Å². The van der Waals surface area contributed by atoms with E-state index >= 15 is 0 Å². The molecule has 0 aromatic carbocycles. The van der Waals surface area contributed by atoms with Crippen LogP contribution in [-0.4, -0.2) is 31.0 Å². The van der Waals surface area contributed by atoms with Crippen molar-refractivity contribution in [2.24, 2.45) is 11.7 Å². The Morgan fingerprint density at radius 3 is 2.63 bits per heavy atom. The Kier molecular flexibility index (Phi) is 14.0. The predicted molar refractivity (Wildman–Crippen MR) is 86.5 cm³/mol. The first kappa shape index (κ1) is 18.8. The largest absolute Gasteiger partial charge is 0.356 e. The highest BCUT2D eigenvalue weighted by atomic mass is 32.2. The van der Waals surface area contributed by atoms with E-state index in [2.05, 4.69) is 18.5 Å². The van der Waals surface area contributed by atoms with Crippen molar-refractivity contribution in [3.8, 4) is 0 Å². The molecule has 0 aromatic heterocycles. The average molecular weight is 289 g/mol. The Bertz CT molecular complexity index is 206. The molecule has 4 heteroatoms. The van der Waals surface area contributed by atoms with Crippen LogP contribution in [0, 0.1) is 5.92 Å². The lowest BCUT2D eigenvalue weighted by molar-refractivity contribution is -0.121. The van der Waals surface area contributed by atoms with Crippen molar-refractivity contribution < 1.29 is 4.79 Å². The number of unbranched alkanes of at least 4 members (excludes halogenated alkanes) is 2. The average Bonchev–Trinajstić information content (AvgIpc) is 2.40. The van der Waals surface area contributed by atoms with E-state index in [9.17, 15) is 4.79 Å². The molecule has 3 N–H and O–H groups in total. The van der Waals surface area contributed by atoms with Crippen LogP contribution in [0.1, 0.15) is 58.3 Å². The predicted octanol–water partition coefficient (Wildman–Crippen LogP) is 3.18. The lowest BCUT2D eigenvalue weighted by atomic mass is 9.94. The number of hydrogen-bond acceptors (Lipinski definition) is 3. The van der Waals surface area contributed by atoms with Crippen LogP contribution in [-0.2, 0) is 4.79 Å². The topological polar surface area (TPSA) is 55.1 Å². The molecule has 0 aliphatic heterocycles. The highest BCUT2D eigenvalue weighted by Crippen LogP contribution is 2.16. The summed E-state index contributed by atoms with van der Waals surface area (Å²) < 4.78 is 0. The molecule has 1 atom stereocenters. The Morgan fingerprint density at radius 1 is 1.21 bits per heavy atom. The third kappa shape index (κ3) is 12.6. The Balaban J connectivity index is 3.50. The molecule has 0 bridgehead atoms. The third-order valence-electron chi connectivity index (χ3n) is 3.40. The first-order valence-electron chi connectivity index (χ1n) is 7.70. The summed E-state index contributed by atoms with van der Waals surface area (Å²) in [6.45, 7) is 3.77. The molecular formula is C15H32N2OS. The molecule has 19 heavy (non-hydrogen) atoms. The second-order valence-corrected chi connectivity index (χ2v) is 6.16. The smallest absolute Gasteiger partial charge is 0.220 e. The van der Waals surface area contributed by atoms with Gasteiger partial charge in [-0.15, -0.1) is 0 Å². The Hall–Kier alpha value is -0.220. The molecule has 0 heterocycles. The van der Waals surface area contributed by atoms with Gasteiger partial charge in [0.05, 0.1) is 0 Å². The summed E-state index contributed by atoms with van der Waals surface area (Å²) >= 11 is 1.89. The summed E-state index contributed by atoms with van der Waals surface area (Å²) in [5.41, 5.74) is 5.60. The van der Waals surface area contributed by atoms with E-state index in [0.29, 0.717) is 12.3 Å². The molecule has 0 rings (SSSR count). The van der Waals surface area contributed by atoms with E-state index in [-0.39, 0.29) is 5.91 Å². The van der Waals surface area contributed by atoms with E-state index < -0.39 is 0 Å². The fourth-order valence-corrected chi connectivity index (χ4v) is 2.77. The minimum Gasteiger partial charge on any atom is -0.356 e. The highest BCUT2D eigenvalue weighted by Gasteiger charge is 2.09. The number of hydrogen-bond donors (Lipinski definition) is 2. The summed E-state index contributed by atoms with van der Waals surface area (Å²) in [6, 6.07) is 0. The van der Waals surface area contributed by atoms with Gasteiger partial charge in [-0.2, -0.15) is 11.8 Å². The monoisotopic (exact) mass is 288 g/mol. The van der Waals surface area contributed by atoms with Gasteiger partial charge in [0.15, 0.2) is 0 Å². The number of carbonyl (C=O) groups excluding carboxylic acids is 1. The molecule has 3 nitrogen and oxygen atoms in total. The van der Waals surface area contributed by atoms with E-state index in [1.165, 1.54) is 31.4 Å². The highest BCUT2D eigenvalue weighted by molar-refractivity contribution is 7.98. The summed E-state index contributed by atoms with van der Waals surface area (Å²) in [5.74, 6) is 2.07. The molecule has 1 unspecified atom stereocenters. The van der Waals surface area contributed by atoms with Crippen LogP contribution in [0.25, 0.3) is 0 Å². The van der Waals surface area contributed by atoms with Crippen molar-refractivity contribution in [1.29, 1.82) is 0 Å². The fraction of sp³-hybridized carbons (Fsp3) is 0.933. The van der Waals surface area contributed by atoms with Crippen LogP contribution in [0.2, 0.25) is 0 Å². The number of carbonyl (C=O) groups is 1. The molecule has 114 valence electrons. The van der Waals surface area contributed by atoms with Gasteiger partial charge in [-0.05, 0) is 50.2 Å². The summed E-state index contributed by atoms with van der Waals surface area (Å²) in [6.07, 6.45) is 10.8. The third-order valence-corrected chi connectivity index (χ3v) is 4.10. The molecular weight excluding hydrogens is 256 g/mol. The summed E-state index contributed by atoms with van der Waals surface area (Å²) in [5, 5.41) is 3.02. The van der Waals surface area contributed by atoms with Crippen LogP contribution >= 0.6 is 11.8 Å². The van der Waals surface area contributed by atoms with Gasteiger partial charge in [-0.3, -0.25) is 4.79 Å². The molecule has 0 aliphatic rings. The zero-order chi connectivity index (χ0) is 14.3. The van der Waals surface area contributed by atoms with Gasteiger partial charge in [0.25, 0.3) is 0 Å². The van der Waals surface area contributed by atoms with Gasteiger partial charge in [-0.25, -0.2) is 0 Å². The van der Waals surface area contributed by atoms with Crippen LogP contribution in [0.5, 0.6) is 0 Å². The molecule has 0 aromatic rings. The number of nitrogens with one attached hydrogen (secondary N) is 1. The second-order valence-electron chi connectivity index (χ2n) is 5.17. The minimum absolute atomic E-state index is 0.211. The van der Waals surface area contributed by atoms with E-state index in [4.69, 9.17) is 5.73 Å². The maximum Gasteiger partial charge on any atom is 0.220 e. The van der Waals surface area contributed by atoms with E-state index in [1.54, 1.807) is 0 Å². The summed E-state index contributed by atoms with van der Waals surface area (Å²) in [4.78, 5) is 11.7. The standard InChI is InChI=1S/C15H32N2OS/c1-3-7-14(10-11-16)8-9-15(18)17-12-5-4-6-13-19-2/h14H,3-13,16H2,1-2H3,(H,17,18). The SMILES string of the molecule is CCCC(CCN)CCC(=O)NCCCCCSC. The van der Waals surface area contributed by atoms with Gasteiger partial charge in [-0.1, -0.05) is 26.2 Å². The molecule has 0 aliphatic carbocycles. The molecule has 0 radical (unpaired) electrons. The molecule has 0 saturated heterocycles. The van der Waals surface area contributed by atoms with Crippen molar-refractivity contribution in [2.45, 2.75) is 58.3 Å². The van der Waals surface area contributed by atoms with Crippen LogP contribution in [0.15, 0.2) is 0 Å². The van der Waals surface area contributed by atoms with Crippen LogP contribution < -0.4 is 11.1 Å². The second kappa shape index (κ2) is 14.2. The van der Waals surface area contributed by atoms with Crippen molar-refractivity contribution in [1.82, 2.24) is 5.32 Å². The van der Waals surface area contributed by atoms with Crippen LogP contribution in [0.3, 0.4) is 0 Å². The quantitative estimate of drug-likeness (QED) is 0.512. The zero-order valence-corrected chi connectivity index (χ0v) is 13.6. The maximum absolute atomic E-state index is 11.7. The van der Waals surface area contributed by atoms with Gasteiger partial charge in [0.1, 0.15) is 0 Å². The number of thioether (sulfide) groups is 1. The fourth-order valence-electron chi connectivity index (χ4n) is 2.28. The first-order valence-corrected chi connectivity index (χ1v) is 9.09. The van der Waals surface area contributed by atoms with E-state index in [0.717, 1.165) is 32.4 Å². The number of nitrogens with two attached hydrogens (primary N) is 1. The molecule has 0 saturated carbocycles. The van der Waals surface area contributed by atoms with E-state index in [1.807, 2.05) is 11.8 Å². The Labute approximate surface area is 123 Å². The van der Waals surface area contributed by atoms with Crippen molar-refractivity contribution in [3.05, 3.63) is 0 Å². The summed E-state index contributed by atoms with van der Waals surface area (Å²) in [7, 11) is 0. The lowest BCUT2D eigenvalue weighted by Crippen LogP contribution is -2.25. The zero-order valence-electron chi connectivity index (χ0n) is 12.7. The minimum atomic E-state index is 0.211. The van der Waals surface area contributed by atoms with Crippen molar-refractivity contribution in [2.75, 3.05) is 25.1 Å². The Morgan fingerprint density at radius 2 is 2.00 bits per heavy atom. The number of amides is 1. The normalized spacial score (nSPS) is 12.4. The first-order chi connectivity index (χ1) is 9.24. The van der Waals surface area contributed by atoms with Crippen molar-refractivity contribution in [3.63, 3.8) is 0 Å². The van der Waals surface area contributed by atoms with Gasteiger partial charge in [0.2, 0.25) is 5.91 Å². The van der Waals surface area contributed by atoms with Gasteiger partial charge < -0.3 is 11.1 Å². The molecule has 0 spiro atoms. The van der Waals surface area contributed by atoms with Gasteiger partial charge in [0, 0.05) is 13.0 Å². The lowest BCUT2D eigenvalue weighted by Gasteiger charge is -2.14. The maximum atomic E-state index is 11.7.